The van der Waals surface area contributed by atoms with Gasteiger partial charge in [0.1, 0.15) is 5.75 Å². The van der Waals surface area contributed by atoms with Crippen LogP contribution in [0.5, 0.6) is 5.75 Å². The largest absolute Gasteiger partial charge is 0.573 e. The van der Waals surface area contributed by atoms with Crippen molar-refractivity contribution in [1.29, 1.82) is 0 Å². The van der Waals surface area contributed by atoms with E-state index < -0.39 is 6.36 Å². The number of aryl methyl sites for hydroxylation is 1. The number of likely N-dealkylation sites (tertiary alicyclic amines) is 1. The lowest BCUT2D eigenvalue weighted by molar-refractivity contribution is -0.274. The molecule has 0 saturated carbocycles. The van der Waals surface area contributed by atoms with Crippen molar-refractivity contribution in [3.63, 3.8) is 0 Å². The Labute approximate surface area is 180 Å². The Morgan fingerprint density at radius 2 is 1.61 bits per heavy atom. The van der Waals surface area contributed by atoms with Gasteiger partial charge in [-0.05, 0) is 68.6 Å². The van der Waals surface area contributed by atoms with E-state index in [-0.39, 0.29) is 5.75 Å². The summed E-state index contributed by atoms with van der Waals surface area (Å²) in [5.74, 6) is 0.228. The summed E-state index contributed by atoms with van der Waals surface area (Å²) in [6.45, 7) is 10.1. The van der Waals surface area contributed by atoms with Crippen molar-refractivity contribution in [2.24, 2.45) is 0 Å². The first-order valence-corrected chi connectivity index (χ1v) is 10.8. The molecule has 0 spiro atoms. The highest BCUT2D eigenvalue weighted by atomic mass is 19.4. The van der Waals surface area contributed by atoms with Crippen LogP contribution >= 0.6 is 0 Å². The number of benzene rings is 1. The summed E-state index contributed by atoms with van der Waals surface area (Å²) in [7, 11) is 0. The van der Waals surface area contributed by atoms with Crippen LogP contribution in [0.3, 0.4) is 0 Å². The smallest absolute Gasteiger partial charge is 0.406 e. The first-order chi connectivity index (χ1) is 14.9. The van der Waals surface area contributed by atoms with Crippen molar-refractivity contribution in [3.8, 4) is 11.4 Å². The molecule has 0 radical (unpaired) electrons. The van der Waals surface area contributed by atoms with Crippen molar-refractivity contribution in [2.75, 3.05) is 52.5 Å². The molecule has 0 bridgehead atoms. The summed E-state index contributed by atoms with van der Waals surface area (Å²) in [4.78, 5) is 5.00. The van der Waals surface area contributed by atoms with Gasteiger partial charge in [0.15, 0.2) is 0 Å². The number of halogens is 3. The van der Waals surface area contributed by atoms with Gasteiger partial charge in [0.2, 0.25) is 0 Å². The van der Waals surface area contributed by atoms with E-state index in [1.54, 1.807) is 16.8 Å². The Kier molecular flexibility index (Phi) is 6.83. The first kappa shape index (κ1) is 22.1. The normalized spacial score (nSPS) is 19.6. The quantitative estimate of drug-likeness (QED) is 0.690. The van der Waals surface area contributed by atoms with E-state index in [1.165, 1.54) is 17.7 Å². The summed E-state index contributed by atoms with van der Waals surface area (Å²) >= 11 is 0. The average Bonchev–Trinajstić information content (AvgIpc) is 3.14. The molecule has 2 fully saturated rings. The molecule has 2 saturated heterocycles. The third-order valence-electron chi connectivity index (χ3n) is 6.14. The van der Waals surface area contributed by atoms with Gasteiger partial charge in [-0.2, -0.15) is 5.10 Å². The number of rotatable bonds is 6. The molecular formula is C22H29F3N4O2. The molecule has 3 heterocycles. The van der Waals surface area contributed by atoms with Gasteiger partial charge in [0.05, 0.1) is 24.6 Å². The van der Waals surface area contributed by atoms with Crippen LogP contribution in [0, 0.1) is 6.92 Å². The van der Waals surface area contributed by atoms with E-state index in [2.05, 4.69) is 19.6 Å². The Bertz CT molecular complexity index is 839. The SMILES string of the molecule is Cc1nn(-c2ccc(OC(F)(F)F)cc2)cc1C1CCN(CCN2CCOCC2)CC1. The molecule has 6 nitrogen and oxygen atoms in total. The van der Waals surface area contributed by atoms with Crippen LogP contribution in [0.4, 0.5) is 13.2 Å². The molecule has 2 aliphatic rings. The van der Waals surface area contributed by atoms with Crippen LogP contribution < -0.4 is 4.74 Å². The molecule has 9 heteroatoms. The second-order valence-corrected chi connectivity index (χ2v) is 8.23. The van der Waals surface area contributed by atoms with E-state index in [0.29, 0.717) is 11.6 Å². The zero-order valence-corrected chi connectivity index (χ0v) is 17.8. The molecule has 1 aromatic heterocycles. The molecule has 2 aromatic rings. The van der Waals surface area contributed by atoms with Gasteiger partial charge in [0, 0.05) is 32.4 Å². The molecule has 0 amide bonds. The van der Waals surface area contributed by atoms with Crippen LogP contribution in [-0.4, -0.2) is 78.4 Å². The fourth-order valence-electron chi connectivity index (χ4n) is 4.38. The number of morpholine rings is 1. The maximum absolute atomic E-state index is 12.3. The lowest BCUT2D eigenvalue weighted by Gasteiger charge is -2.34. The Hall–Kier alpha value is -2.10. The molecule has 170 valence electrons. The van der Waals surface area contributed by atoms with Gasteiger partial charge in [-0.1, -0.05) is 0 Å². The number of nitrogens with zero attached hydrogens (tertiary/aromatic N) is 4. The van der Waals surface area contributed by atoms with Gasteiger partial charge in [-0.15, -0.1) is 13.2 Å². The van der Waals surface area contributed by atoms with Gasteiger partial charge in [-0.3, -0.25) is 4.90 Å². The van der Waals surface area contributed by atoms with E-state index >= 15 is 0 Å². The predicted molar refractivity (Wildman–Crippen MR) is 111 cm³/mol. The molecule has 0 atom stereocenters. The first-order valence-electron chi connectivity index (χ1n) is 10.8. The zero-order chi connectivity index (χ0) is 21.8. The molecule has 2 aliphatic heterocycles. The third kappa shape index (κ3) is 5.99. The summed E-state index contributed by atoms with van der Waals surface area (Å²) in [6.07, 6.45) is -0.487. The summed E-state index contributed by atoms with van der Waals surface area (Å²) in [5, 5.41) is 4.60. The van der Waals surface area contributed by atoms with Crippen LogP contribution in [-0.2, 0) is 4.74 Å². The lowest BCUT2D eigenvalue weighted by Crippen LogP contribution is -2.43. The van der Waals surface area contributed by atoms with E-state index in [1.807, 2.05) is 13.1 Å². The number of piperidine rings is 1. The number of hydrogen-bond acceptors (Lipinski definition) is 5. The second-order valence-electron chi connectivity index (χ2n) is 8.23. The molecule has 31 heavy (non-hydrogen) atoms. The van der Waals surface area contributed by atoms with Crippen molar-refractivity contribution in [2.45, 2.75) is 32.0 Å². The Morgan fingerprint density at radius 3 is 2.23 bits per heavy atom. The molecule has 4 rings (SSSR count). The summed E-state index contributed by atoms with van der Waals surface area (Å²) < 4.78 is 48.1. The molecule has 0 N–H and O–H groups in total. The van der Waals surface area contributed by atoms with E-state index in [0.717, 1.165) is 71.0 Å². The van der Waals surface area contributed by atoms with Crippen LogP contribution in [0.15, 0.2) is 30.5 Å². The summed E-state index contributed by atoms with van der Waals surface area (Å²) in [6, 6.07) is 5.80. The minimum atomic E-state index is -4.69. The molecule has 1 aromatic carbocycles. The molecule has 0 aliphatic carbocycles. The van der Waals surface area contributed by atoms with Crippen molar-refractivity contribution >= 4 is 0 Å². The Morgan fingerprint density at radius 1 is 1.00 bits per heavy atom. The van der Waals surface area contributed by atoms with Crippen LogP contribution in [0.1, 0.15) is 30.0 Å². The van der Waals surface area contributed by atoms with Gasteiger partial charge in [0.25, 0.3) is 0 Å². The van der Waals surface area contributed by atoms with Gasteiger partial charge in [-0.25, -0.2) is 4.68 Å². The summed E-state index contributed by atoms with van der Waals surface area (Å²) in [5.41, 5.74) is 2.91. The lowest BCUT2D eigenvalue weighted by atomic mass is 9.90. The highest BCUT2D eigenvalue weighted by Gasteiger charge is 2.31. The minimum absolute atomic E-state index is 0.232. The third-order valence-corrected chi connectivity index (χ3v) is 6.14. The van der Waals surface area contributed by atoms with E-state index in [4.69, 9.17) is 4.74 Å². The average molecular weight is 438 g/mol. The fraction of sp³-hybridized carbons (Fsp3) is 0.591. The Balaban J connectivity index is 1.32. The highest BCUT2D eigenvalue weighted by Crippen LogP contribution is 2.31. The number of hydrogen-bond donors (Lipinski definition) is 0. The van der Waals surface area contributed by atoms with Gasteiger partial charge < -0.3 is 14.4 Å². The maximum atomic E-state index is 12.3. The number of aromatic nitrogens is 2. The number of ether oxygens (including phenoxy) is 2. The monoisotopic (exact) mass is 438 g/mol. The standard InChI is InChI=1S/C22H29F3N4O2/c1-17-21(16-29(26-17)19-2-4-20(5-3-19)31-22(23,24)25)18-6-8-27(9-7-18)10-11-28-12-14-30-15-13-28/h2-5,16,18H,6-15H2,1H3. The van der Waals surface area contributed by atoms with Crippen molar-refractivity contribution in [3.05, 3.63) is 41.7 Å². The second kappa shape index (κ2) is 9.58. The molecular weight excluding hydrogens is 409 g/mol. The van der Waals surface area contributed by atoms with Crippen LogP contribution in [0.25, 0.3) is 5.69 Å². The molecule has 0 unspecified atom stereocenters. The predicted octanol–water partition coefficient (Wildman–Crippen LogP) is 3.59. The van der Waals surface area contributed by atoms with Gasteiger partial charge >= 0.3 is 6.36 Å². The highest BCUT2D eigenvalue weighted by molar-refractivity contribution is 5.38. The number of alkyl halides is 3. The van der Waals surface area contributed by atoms with Crippen molar-refractivity contribution in [1.82, 2.24) is 19.6 Å². The van der Waals surface area contributed by atoms with E-state index in [9.17, 15) is 13.2 Å². The minimum Gasteiger partial charge on any atom is -0.406 e. The zero-order valence-electron chi connectivity index (χ0n) is 17.8. The van der Waals surface area contributed by atoms with Crippen molar-refractivity contribution < 1.29 is 22.6 Å². The maximum Gasteiger partial charge on any atom is 0.573 e. The fourth-order valence-corrected chi connectivity index (χ4v) is 4.38. The topological polar surface area (TPSA) is 42.8 Å². The van der Waals surface area contributed by atoms with Crippen LogP contribution in [0.2, 0.25) is 0 Å².